The Morgan fingerprint density at radius 2 is 1.71 bits per heavy atom. The van der Waals surface area contributed by atoms with Crippen molar-refractivity contribution in [2.24, 2.45) is 5.41 Å². The van der Waals surface area contributed by atoms with Crippen LogP contribution < -0.4 is 0 Å². The maximum Gasteiger partial charge on any atom is 0.425 e. The molecule has 0 bridgehead atoms. The second kappa shape index (κ2) is 5.48. The first-order valence-corrected chi connectivity index (χ1v) is 5.39. The number of ether oxygens (including phenoxy) is 1. The SMILES string of the molecule is COC(=O)CC(C)(C)C=CC(Cl)(Cl)C(F)(F)F. The zero-order valence-electron chi connectivity index (χ0n) is 9.57. The molecular formula is C10H13Cl2F3O2. The molecule has 0 aliphatic heterocycles. The monoisotopic (exact) mass is 292 g/mol. The minimum Gasteiger partial charge on any atom is -0.469 e. The number of allylic oxidation sites excluding steroid dienone is 2. The molecule has 0 unspecified atom stereocenters. The number of methoxy groups -OCH3 is 1. The van der Waals surface area contributed by atoms with E-state index in [9.17, 15) is 18.0 Å². The van der Waals surface area contributed by atoms with Gasteiger partial charge in [0.2, 0.25) is 4.33 Å². The summed E-state index contributed by atoms with van der Waals surface area (Å²) in [5.74, 6) is -0.526. The fourth-order valence-corrected chi connectivity index (χ4v) is 1.05. The fraction of sp³-hybridized carbons (Fsp3) is 0.700. The van der Waals surface area contributed by atoms with Crippen LogP contribution in [0.2, 0.25) is 0 Å². The summed E-state index contributed by atoms with van der Waals surface area (Å²) in [6.45, 7) is 3.14. The molecule has 100 valence electrons. The van der Waals surface area contributed by atoms with Crippen LogP contribution in [-0.2, 0) is 9.53 Å². The minimum atomic E-state index is -4.77. The second-order valence-electron chi connectivity index (χ2n) is 4.20. The van der Waals surface area contributed by atoms with Crippen LogP contribution in [0.4, 0.5) is 13.2 Å². The highest BCUT2D eigenvalue weighted by molar-refractivity contribution is 6.50. The van der Waals surface area contributed by atoms with Crippen LogP contribution in [0.5, 0.6) is 0 Å². The van der Waals surface area contributed by atoms with E-state index in [1.807, 2.05) is 0 Å². The van der Waals surface area contributed by atoms with Crippen LogP contribution in [-0.4, -0.2) is 23.6 Å². The highest BCUT2D eigenvalue weighted by atomic mass is 35.5. The van der Waals surface area contributed by atoms with Crippen molar-refractivity contribution < 1.29 is 22.7 Å². The normalized spacial score (nSPS) is 14.1. The maximum absolute atomic E-state index is 12.3. The van der Waals surface area contributed by atoms with E-state index in [1.165, 1.54) is 7.11 Å². The van der Waals surface area contributed by atoms with E-state index in [2.05, 4.69) is 4.74 Å². The van der Waals surface area contributed by atoms with Gasteiger partial charge in [-0.1, -0.05) is 43.1 Å². The lowest BCUT2D eigenvalue weighted by Gasteiger charge is -2.23. The molecule has 0 saturated heterocycles. The van der Waals surface area contributed by atoms with Gasteiger partial charge in [-0.3, -0.25) is 4.79 Å². The zero-order valence-corrected chi connectivity index (χ0v) is 11.1. The topological polar surface area (TPSA) is 26.3 Å². The minimum absolute atomic E-state index is 0.0677. The largest absolute Gasteiger partial charge is 0.469 e. The smallest absolute Gasteiger partial charge is 0.425 e. The number of carbonyl (C=O) groups excluding carboxylic acids is 1. The summed E-state index contributed by atoms with van der Waals surface area (Å²) < 4.78 is 38.5. The molecule has 0 N–H and O–H groups in total. The number of carbonyl (C=O) groups is 1. The van der Waals surface area contributed by atoms with E-state index in [0.717, 1.165) is 6.08 Å². The first kappa shape index (κ1) is 16.6. The Labute approximate surface area is 108 Å². The maximum atomic E-state index is 12.3. The van der Waals surface area contributed by atoms with Crippen molar-refractivity contribution in [3.8, 4) is 0 Å². The number of hydrogen-bond acceptors (Lipinski definition) is 2. The molecule has 0 spiro atoms. The number of rotatable bonds is 4. The molecule has 0 heterocycles. The summed E-state index contributed by atoms with van der Waals surface area (Å²) in [4.78, 5) is 11.0. The predicted octanol–water partition coefficient (Wildman–Crippen LogP) is 3.87. The molecule has 0 rings (SSSR count). The van der Waals surface area contributed by atoms with Crippen molar-refractivity contribution in [3.63, 3.8) is 0 Å². The molecule has 17 heavy (non-hydrogen) atoms. The van der Waals surface area contributed by atoms with Gasteiger partial charge in [-0.25, -0.2) is 0 Å². The molecule has 0 fully saturated rings. The molecule has 0 aromatic carbocycles. The summed E-state index contributed by atoms with van der Waals surface area (Å²) in [7, 11) is 1.20. The molecule has 2 nitrogen and oxygen atoms in total. The summed E-state index contributed by atoms with van der Waals surface area (Å²) in [6.07, 6.45) is -3.06. The standard InChI is InChI=1S/C10H13Cl2F3O2/c1-8(2,6-7(16)17-3)4-5-9(11,12)10(13,14)15/h4-5H,6H2,1-3H3. The number of hydrogen-bond donors (Lipinski definition) is 0. The van der Waals surface area contributed by atoms with Gasteiger partial charge < -0.3 is 4.74 Å². The van der Waals surface area contributed by atoms with Crippen LogP contribution in [0.3, 0.4) is 0 Å². The van der Waals surface area contributed by atoms with Crippen LogP contribution in [0, 0.1) is 5.41 Å². The van der Waals surface area contributed by atoms with Gasteiger partial charge in [0.25, 0.3) is 0 Å². The quantitative estimate of drug-likeness (QED) is 0.447. The average molecular weight is 293 g/mol. The molecule has 7 heteroatoms. The molecule has 0 saturated carbocycles. The third-order valence-corrected chi connectivity index (χ3v) is 2.63. The Morgan fingerprint density at radius 3 is 2.06 bits per heavy atom. The third-order valence-electron chi connectivity index (χ3n) is 1.95. The fourth-order valence-electron chi connectivity index (χ4n) is 0.928. The van der Waals surface area contributed by atoms with E-state index < -0.39 is 21.9 Å². The Bertz CT molecular complexity index is 309. The van der Waals surface area contributed by atoms with Gasteiger partial charge in [-0.15, -0.1) is 0 Å². The first-order valence-electron chi connectivity index (χ1n) is 4.63. The van der Waals surface area contributed by atoms with E-state index in [0.29, 0.717) is 6.08 Å². The second-order valence-corrected chi connectivity index (χ2v) is 5.58. The molecule has 0 aliphatic rings. The van der Waals surface area contributed by atoms with Crippen molar-refractivity contribution in [1.82, 2.24) is 0 Å². The Balaban J connectivity index is 4.77. The summed E-state index contributed by atoms with van der Waals surface area (Å²) >= 11 is 10.3. The molecule has 0 aromatic heterocycles. The van der Waals surface area contributed by atoms with Crippen molar-refractivity contribution >= 4 is 29.2 Å². The number of halogens is 5. The predicted molar refractivity (Wildman–Crippen MR) is 60.0 cm³/mol. The van der Waals surface area contributed by atoms with Gasteiger partial charge in [0.1, 0.15) is 0 Å². The zero-order chi connectivity index (χ0) is 13.9. The highest BCUT2D eigenvalue weighted by Crippen LogP contribution is 2.42. The Morgan fingerprint density at radius 1 is 1.24 bits per heavy atom. The molecule has 0 aromatic rings. The van der Waals surface area contributed by atoms with Crippen molar-refractivity contribution in [2.45, 2.75) is 30.8 Å². The first-order chi connectivity index (χ1) is 7.41. The Kier molecular flexibility index (Phi) is 5.35. The number of alkyl halides is 5. The van der Waals surface area contributed by atoms with Gasteiger partial charge in [0.05, 0.1) is 13.5 Å². The van der Waals surface area contributed by atoms with E-state index in [4.69, 9.17) is 23.2 Å². The van der Waals surface area contributed by atoms with Gasteiger partial charge in [-0.05, 0) is 11.5 Å². The lowest BCUT2D eigenvalue weighted by atomic mass is 9.88. The summed E-state index contributed by atoms with van der Waals surface area (Å²) in [5.41, 5.74) is -0.826. The van der Waals surface area contributed by atoms with E-state index >= 15 is 0 Å². The van der Waals surface area contributed by atoms with Crippen LogP contribution in [0.15, 0.2) is 12.2 Å². The molecule has 0 atom stereocenters. The van der Waals surface area contributed by atoms with Gasteiger partial charge >= 0.3 is 12.1 Å². The van der Waals surface area contributed by atoms with E-state index in [1.54, 1.807) is 13.8 Å². The molecular weight excluding hydrogens is 280 g/mol. The van der Waals surface area contributed by atoms with Crippen molar-refractivity contribution in [2.75, 3.05) is 7.11 Å². The van der Waals surface area contributed by atoms with Crippen LogP contribution in [0.1, 0.15) is 20.3 Å². The van der Waals surface area contributed by atoms with Crippen molar-refractivity contribution in [1.29, 1.82) is 0 Å². The van der Waals surface area contributed by atoms with Gasteiger partial charge in [0, 0.05) is 0 Å². The Hall–Kier alpha value is -0.420. The molecule has 0 radical (unpaired) electrons. The third kappa shape index (κ3) is 5.64. The lowest BCUT2D eigenvalue weighted by Crippen LogP contribution is -2.32. The summed E-state index contributed by atoms with van der Waals surface area (Å²) in [5, 5.41) is 0. The number of esters is 1. The molecule has 0 amide bonds. The lowest BCUT2D eigenvalue weighted by molar-refractivity contribution is -0.142. The highest BCUT2D eigenvalue weighted by Gasteiger charge is 2.50. The average Bonchev–Trinajstić information content (AvgIpc) is 2.12. The van der Waals surface area contributed by atoms with Crippen LogP contribution >= 0.6 is 23.2 Å². The van der Waals surface area contributed by atoms with Gasteiger partial charge in [0.15, 0.2) is 0 Å². The van der Waals surface area contributed by atoms with Crippen LogP contribution in [0.25, 0.3) is 0 Å². The summed E-state index contributed by atoms with van der Waals surface area (Å²) in [6, 6.07) is 0. The van der Waals surface area contributed by atoms with Gasteiger partial charge in [-0.2, -0.15) is 13.2 Å². The van der Waals surface area contributed by atoms with Crippen molar-refractivity contribution in [3.05, 3.63) is 12.2 Å². The molecule has 0 aliphatic carbocycles. The van der Waals surface area contributed by atoms with E-state index in [-0.39, 0.29) is 6.42 Å².